The van der Waals surface area contributed by atoms with Gasteiger partial charge in [-0.3, -0.25) is 9.79 Å². The van der Waals surface area contributed by atoms with Crippen molar-refractivity contribution < 1.29 is 14.3 Å². The molecule has 0 spiro atoms. The van der Waals surface area contributed by atoms with Crippen LogP contribution < -0.4 is 0 Å². The molecule has 4 nitrogen and oxygen atoms in total. The maximum Gasteiger partial charge on any atom is 0.336 e. The number of hydrogen-bond donors (Lipinski definition) is 0. The second-order valence-corrected chi connectivity index (χ2v) is 8.09. The van der Waals surface area contributed by atoms with Gasteiger partial charge >= 0.3 is 5.97 Å². The predicted molar refractivity (Wildman–Crippen MR) is 102 cm³/mol. The van der Waals surface area contributed by atoms with Crippen LogP contribution in [0.15, 0.2) is 46.6 Å². The van der Waals surface area contributed by atoms with Gasteiger partial charge in [0.1, 0.15) is 5.78 Å². The number of hydrogen-bond acceptors (Lipinski definition) is 4. The van der Waals surface area contributed by atoms with Crippen LogP contribution in [0, 0.1) is 11.3 Å². The summed E-state index contributed by atoms with van der Waals surface area (Å²) < 4.78 is 5.43. The Morgan fingerprint density at radius 2 is 1.88 bits per heavy atom. The number of aliphatic imine (C=N–C) groups is 1. The lowest BCUT2D eigenvalue weighted by Crippen LogP contribution is -2.44. The zero-order valence-electron chi connectivity index (χ0n) is 16.0. The smallest absolute Gasteiger partial charge is 0.336 e. The van der Waals surface area contributed by atoms with Crippen LogP contribution >= 0.6 is 0 Å². The molecule has 2 aliphatic rings. The van der Waals surface area contributed by atoms with Crippen LogP contribution in [0.1, 0.15) is 58.4 Å². The van der Waals surface area contributed by atoms with Gasteiger partial charge in [0.05, 0.1) is 18.1 Å². The van der Waals surface area contributed by atoms with Crippen molar-refractivity contribution in [1.29, 1.82) is 0 Å². The van der Waals surface area contributed by atoms with Crippen molar-refractivity contribution in [2.75, 3.05) is 6.61 Å². The second-order valence-electron chi connectivity index (χ2n) is 8.09. The van der Waals surface area contributed by atoms with E-state index in [1.807, 2.05) is 44.2 Å². The molecule has 2 atom stereocenters. The first kappa shape index (κ1) is 18.6. The zero-order chi connectivity index (χ0) is 18.9. The third-order valence-corrected chi connectivity index (χ3v) is 5.18. The van der Waals surface area contributed by atoms with Gasteiger partial charge in [0.2, 0.25) is 0 Å². The summed E-state index contributed by atoms with van der Waals surface area (Å²) in [4.78, 5) is 30.6. The predicted octanol–water partition coefficient (Wildman–Crippen LogP) is 4.46. The van der Waals surface area contributed by atoms with Crippen LogP contribution in [0.4, 0.5) is 0 Å². The normalized spacial score (nSPS) is 24.8. The topological polar surface area (TPSA) is 55.7 Å². The Labute approximate surface area is 155 Å². The quantitative estimate of drug-likeness (QED) is 0.751. The van der Waals surface area contributed by atoms with Gasteiger partial charge in [-0.2, -0.15) is 0 Å². The molecule has 1 aromatic rings. The van der Waals surface area contributed by atoms with Crippen molar-refractivity contribution >= 4 is 17.5 Å². The highest BCUT2D eigenvalue weighted by molar-refractivity contribution is 6.12. The molecule has 0 saturated heterocycles. The first-order valence-electron chi connectivity index (χ1n) is 9.37. The van der Waals surface area contributed by atoms with Crippen molar-refractivity contribution in [2.45, 2.75) is 52.9 Å². The van der Waals surface area contributed by atoms with Crippen LogP contribution in [0.5, 0.6) is 0 Å². The number of fused-ring (bicyclic) bond motifs is 1. The molecule has 4 heteroatoms. The number of esters is 1. The molecule has 1 heterocycles. The molecule has 1 fully saturated rings. The van der Waals surface area contributed by atoms with Crippen LogP contribution in [0.2, 0.25) is 0 Å². The largest absolute Gasteiger partial charge is 0.462 e. The Morgan fingerprint density at radius 3 is 2.54 bits per heavy atom. The summed E-state index contributed by atoms with van der Waals surface area (Å²) in [6, 6.07) is 9.81. The van der Waals surface area contributed by atoms with Crippen LogP contribution in [-0.4, -0.2) is 24.1 Å². The fourth-order valence-electron chi connectivity index (χ4n) is 4.15. The number of allylic oxidation sites excluding steroid dienone is 1. The minimum atomic E-state index is -0.363. The standard InChI is InChI=1S/C22H27NO3/c1-5-11-26-21(25)18-14(2)23-16-12-22(3,4)13-17(24)20(16)19(18)15-9-7-6-8-10-15/h6-10,19-20H,5,11-13H2,1-4H3/t19-,20+/m0/s1. The lowest BCUT2D eigenvalue weighted by Gasteiger charge is -2.41. The molecule has 0 amide bonds. The van der Waals surface area contributed by atoms with E-state index in [9.17, 15) is 9.59 Å². The molecule has 26 heavy (non-hydrogen) atoms. The number of nitrogens with zero attached hydrogens (tertiary/aromatic N) is 1. The Hall–Kier alpha value is -2.23. The summed E-state index contributed by atoms with van der Waals surface area (Å²) in [5, 5.41) is 0. The first-order valence-corrected chi connectivity index (χ1v) is 9.37. The summed E-state index contributed by atoms with van der Waals surface area (Å²) in [6.07, 6.45) is 2.05. The molecule has 1 aliphatic heterocycles. The summed E-state index contributed by atoms with van der Waals surface area (Å²) >= 11 is 0. The van der Waals surface area contributed by atoms with Gasteiger partial charge in [0, 0.05) is 23.7 Å². The number of carbonyl (C=O) groups excluding carboxylic acids is 2. The summed E-state index contributed by atoms with van der Waals surface area (Å²) in [6.45, 7) is 8.40. The average molecular weight is 353 g/mol. The molecule has 1 saturated carbocycles. The van der Waals surface area contributed by atoms with Gasteiger partial charge in [0.15, 0.2) is 0 Å². The van der Waals surface area contributed by atoms with Gasteiger partial charge < -0.3 is 4.74 Å². The third-order valence-electron chi connectivity index (χ3n) is 5.18. The molecule has 3 rings (SSSR count). The maximum absolute atomic E-state index is 13.1. The molecule has 0 radical (unpaired) electrons. The minimum Gasteiger partial charge on any atom is -0.462 e. The lowest BCUT2D eigenvalue weighted by molar-refractivity contribution is -0.139. The van der Waals surface area contributed by atoms with Crippen LogP contribution in [0.25, 0.3) is 0 Å². The summed E-state index contributed by atoms with van der Waals surface area (Å²) in [5.74, 6) is -0.851. The van der Waals surface area contributed by atoms with Gasteiger partial charge in [-0.1, -0.05) is 51.1 Å². The summed E-state index contributed by atoms with van der Waals surface area (Å²) in [5.41, 5.74) is 3.00. The Kier molecular flexibility index (Phi) is 5.12. The van der Waals surface area contributed by atoms with E-state index in [-0.39, 0.29) is 29.0 Å². The summed E-state index contributed by atoms with van der Waals surface area (Å²) in [7, 11) is 0. The van der Waals surface area contributed by atoms with Crippen molar-refractivity contribution in [3.63, 3.8) is 0 Å². The first-order chi connectivity index (χ1) is 12.3. The maximum atomic E-state index is 13.1. The molecule has 0 N–H and O–H groups in total. The van der Waals surface area contributed by atoms with Crippen LogP contribution in [0.3, 0.4) is 0 Å². The number of benzene rings is 1. The molecular formula is C22H27NO3. The average Bonchev–Trinajstić information content (AvgIpc) is 2.58. The van der Waals surface area contributed by atoms with E-state index >= 15 is 0 Å². The SMILES string of the molecule is CCCOC(=O)C1=C(C)N=C2CC(C)(C)CC(=O)[C@@H]2[C@H]1c1ccccc1. The number of ketones is 1. The Balaban J connectivity index is 2.11. The fourth-order valence-corrected chi connectivity index (χ4v) is 4.15. The lowest BCUT2D eigenvalue weighted by atomic mass is 9.63. The Bertz CT molecular complexity index is 774. The number of rotatable bonds is 4. The van der Waals surface area contributed by atoms with Gasteiger partial charge in [-0.15, -0.1) is 0 Å². The number of Topliss-reactive ketones (excluding diaryl/α,β-unsaturated/α-hetero) is 1. The van der Waals surface area contributed by atoms with E-state index in [0.29, 0.717) is 24.3 Å². The van der Waals surface area contributed by atoms with E-state index < -0.39 is 0 Å². The Morgan fingerprint density at radius 1 is 1.19 bits per heavy atom. The molecule has 0 aromatic heterocycles. The highest BCUT2D eigenvalue weighted by atomic mass is 16.5. The molecule has 0 unspecified atom stereocenters. The van der Waals surface area contributed by atoms with Gasteiger partial charge in [-0.25, -0.2) is 4.79 Å². The zero-order valence-corrected chi connectivity index (χ0v) is 16.0. The fraction of sp³-hybridized carbons (Fsp3) is 0.500. The highest BCUT2D eigenvalue weighted by Crippen LogP contribution is 2.46. The third kappa shape index (κ3) is 3.50. The monoisotopic (exact) mass is 353 g/mol. The molecule has 1 aliphatic carbocycles. The van der Waals surface area contributed by atoms with E-state index in [1.54, 1.807) is 0 Å². The van der Waals surface area contributed by atoms with E-state index in [1.165, 1.54) is 0 Å². The van der Waals surface area contributed by atoms with Gasteiger partial charge in [-0.05, 0) is 30.7 Å². The number of ether oxygens (including phenoxy) is 1. The number of carbonyl (C=O) groups is 2. The molecular weight excluding hydrogens is 326 g/mol. The molecule has 0 bridgehead atoms. The molecule has 1 aromatic carbocycles. The van der Waals surface area contributed by atoms with E-state index in [0.717, 1.165) is 24.1 Å². The van der Waals surface area contributed by atoms with Crippen molar-refractivity contribution in [2.24, 2.45) is 16.3 Å². The van der Waals surface area contributed by atoms with Crippen LogP contribution in [-0.2, 0) is 14.3 Å². The minimum absolute atomic E-state index is 0.0891. The van der Waals surface area contributed by atoms with Crippen molar-refractivity contribution in [1.82, 2.24) is 0 Å². The van der Waals surface area contributed by atoms with Crippen molar-refractivity contribution in [3.8, 4) is 0 Å². The highest BCUT2D eigenvalue weighted by Gasteiger charge is 2.47. The second kappa shape index (κ2) is 7.18. The van der Waals surface area contributed by atoms with E-state index in [4.69, 9.17) is 9.73 Å². The van der Waals surface area contributed by atoms with Crippen molar-refractivity contribution in [3.05, 3.63) is 47.2 Å². The van der Waals surface area contributed by atoms with E-state index in [2.05, 4.69) is 13.8 Å². The van der Waals surface area contributed by atoms with Gasteiger partial charge in [0.25, 0.3) is 0 Å². The molecule has 138 valence electrons.